The van der Waals surface area contributed by atoms with E-state index in [0.717, 1.165) is 0 Å². The monoisotopic (exact) mass is 161 g/mol. The van der Waals surface area contributed by atoms with E-state index in [1.54, 1.807) is 0 Å². The van der Waals surface area contributed by atoms with Crippen LogP contribution in [0.1, 0.15) is 6.92 Å². The van der Waals surface area contributed by atoms with Crippen molar-refractivity contribution in [1.82, 2.24) is 0 Å². The Hall–Kier alpha value is 0.660. The molecule has 1 atom stereocenters. The van der Waals surface area contributed by atoms with E-state index in [1.165, 1.54) is 14.0 Å². The number of hydrogen-bond acceptors (Lipinski definition) is 4. The summed E-state index contributed by atoms with van der Waals surface area (Å²) in [6.07, 6.45) is 0. The van der Waals surface area contributed by atoms with Crippen molar-refractivity contribution < 1.29 is 14.3 Å². The topological polar surface area (TPSA) is 58.9 Å². The van der Waals surface area contributed by atoms with Crippen LogP contribution in [0, 0.1) is 0 Å². The van der Waals surface area contributed by atoms with Gasteiger partial charge in [-0.1, -0.05) is 5.16 Å². The van der Waals surface area contributed by atoms with Gasteiger partial charge in [-0.15, -0.1) is 0 Å². The van der Waals surface area contributed by atoms with Crippen molar-refractivity contribution in [2.45, 2.75) is 6.92 Å². The molecule has 0 fully saturated rings. The van der Waals surface area contributed by atoms with Crippen LogP contribution in [0.15, 0.2) is 5.16 Å². The molecule has 9 heavy (non-hydrogen) atoms. The first-order chi connectivity index (χ1) is 3.72. The Morgan fingerprint density at radius 3 is 2.33 bits per heavy atom. The van der Waals surface area contributed by atoms with E-state index in [2.05, 4.69) is 9.68 Å². The van der Waals surface area contributed by atoms with Gasteiger partial charge in [-0.25, -0.2) is 0 Å². The van der Waals surface area contributed by atoms with Crippen LogP contribution in [0.5, 0.6) is 0 Å². The molecule has 0 amide bonds. The molecule has 0 radical (unpaired) electrons. The third kappa shape index (κ3) is 5.12. The van der Waals surface area contributed by atoms with Crippen molar-refractivity contribution >= 4 is 43.0 Å². The third-order valence-electron chi connectivity index (χ3n) is 0.631. The first-order valence-corrected chi connectivity index (χ1v) is 3.31. The molecule has 1 unspecified atom stereocenters. The van der Waals surface area contributed by atoms with Gasteiger partial charge >= 0.3 is 29.6 Å². The molecule has 0 aromatic rings. The predicted molar refractivity (Wildman–Crippen MR) is 38.1 cm³/mol. The maximum atomic E-state index is 10.4. The predicted octanol–water partition coefficient (Wildman–Crippen LogP) is 0.267. The van der Waals surface area contributed by atoms with Crippen LogP contribution >= 0.6 is 8.03 Å². The van der Waals surface area contributed by atoms with Gasteiger partial charge in [0.05, 0.1) is 0 Å². The Labute approximate surface area is 76.4 Å². The molecule has 0 aliphatic heterocycles. The van der Waals surface area contributed by atoms with Crippen LogP contribution in [0.4, 0.5) is 0 Å². The molecule has 6 heteroatoms. The molecular formula is C3H9NNaO3P. The second-order valence-electron chi connectivity index (χ2n) is 1.18. The van der Waals surface area contributed by atoms with E-state index in [9.17, 15) is 4.57 Å². The number of oxime groups is 1. The summed E-state index contributed by atoms with van der Waals surface area (Å²) in [6, 6.07) is 0. The van der Waals surface area contributed by atoms with Gasteiger partial charge in [0.1, 0.15) is 5.45 Å². The Kier molecular flexibility index (Phi) is 9.30. The minimum absolute atomic E-state index is 0. The van der Waals surface area contributed by atoms with Crippen LogP contribution < -0.4 is 0 Å². The molecule has 0 bridgehead atoms. The standard InChI is InChI=1S/C3H8NO3P.Na.H/c1-3(4-5)8(6)7-2;;/h5,8H,1-2H3;;. The van der Waals surface area contributed by atoms with Crippen LogP contribution in [0.3, 0.4) is 0 Å². The van der Waals surface area contributed by atoms with Crippen LogP contribution in [0.2, 0.25) is 0 Å². The Morgan fingerprint density at radius 1 is 1.78 bits per heavy atom. The summed E-state index contributed by atoms with van der Waals surface area (Å²) in [5.74, 6) is 0. The van der Waals surface area contributed by atoms with E-state index >= 15 is 0 Å². The summed E-state index contributed by atoms with van der Waals surface area (Å²) in [4.78, 5) is 0. The van der Waals surface area contributed by atoms with Gasteiger partial charge in [-0.05, 0) is 6.92 Å². The minimum atomic E-state index is -2.21. The zero-order valence-corrected chi connectivity index (χ0v) is 5.71. The van der Waals surface area contributed by atoms with Crippen LogP contribution in [0.25, 0.3) is 0 Å². The Balaban J connectivity index is 0. The third-order valence-corrected chi connectivity index (χ3v) is 1.69. The summed E-state index contributed by atoms with van der Waals surface area (Å²) in [7, 11) is -0.906. The summed E-state index contributed by atoms with van der Waals surface area (Å²) in [5, 5.41) is 10.7. The summed E-state index contributed by atoms with van der Waals surface area (Å²) in [5.41, 5.74) is 0.137. The summed E-state index contributed by atoms with van der Waals surface area (Å²) < 4.78 is 14.8. The zero-order valence-electron chi connectivity index (χ0n) is 4.71. The summed E-state index contributed by atoms with van der Waals surface area (Å²) >= 11 is 0. The van der Waals surface area contributed by atoms with E-state index in [1.807, 2.05) is 0 Å². The zero-order chi connectivity index (χ0) is 6.57. The van der Waals surface area contributed by atoms with Gasteiger partial charge in [0.2, 0.25) is 8.03 Å². The number of nitrogens with zero attached hydrogens (tertiary/aromatic N) is 1. The second kappa shape index (κ2) is 6.78. The fourth-order valence-corrected chi connectivity index (χ4v) is 0.566. The van der Waals surface area contributed by atoms with Crippen molar-refractivity contribution in [1.29, 1.82) is 0 Å². The quantitative estimate of drug-likeness (QED) is 0.208. The molecule has 4 nitrogen and oxygen atoms in total. The first kappa shape index (κ1) is 12.3. The van der Waals surface area contributed by atoms with E-state index in [0.29, 0.717) is 0 Å². The fourth-order valence-electron chi connectivity index (χ4n) is 0.189. The van der Waals surface area contributed by atoms with Gasteiger partial charge in [0.15, 0.2) is 0 Å². The molecule has 1 N–H and O–H groups in total. The van der Waals surface area contributed by atoms with Gasteiger partial charge < -0.3 is 9.73 Å². The molecule has 0 saturated carbocycles. The number of rotatable bonds is 2. The van der Waals surface area contributed by atoms with Gasteiger partial charge in [-0.2, -0.15) is 0 Å². The van der Waals surface area contributed by atoms with Crippen molar-refractivity contribution in [3.05, 3.63) is 0 Å². The fraction of sp³-hybridized carbons (Fsp3) is 0.667. The SMILES string of the molecule is CO[PH](=O)C(C)=NO.[NaH]. The van der Waals surface area contributed by atoms with Crippen molar-refractivity contribution in [3.63, 3.8) is 0 Å². The molecule has 0 aromatic carbocycles. The normalized spacial score (nSPS) is 14.2. The van der Waals surface area contributed by atoms with Crippen LogP contribution in [-0.4, -0.2) is 47.3 Å². The van der Waals surface area contributed by atoms with Gasteiger partial charge in [0.25, 0.3) is 0 Å². The average Bonchev–Trinajstić information content (AvgIpc) is 1.84. The van der Waals surface area contributed by atoms with Gasteiger partial charge in [0, 0.05) is 7.11 Å². The average molecular weight is 161 g/mol. The number of hydrogen-bond donors (Lipinski definition) is 1. The molecule has 0 heterocycles. The first-order valence-electron chi connectivity index (χ1n) is 1.99. The second-order valence-corrected chi connectivity index (χ2v) is 2.88. The van der Waals surface area contributed by atoms with Crippen molar-refractivity contribution in [3.8, 4) is 0 Å². The molecule has 0 rings (SSSR count). The van der Waals surface area contributed by atoms with E-state index in [-0.39, 0.29) is 35.0 Å². The van der Waals surface area contributed by atoms with Gasteiger partial charge in [-0.3, -0.25) is 4.57 Å². The maximum absolute atomic E-state index is 10.4. The molecule has 50 valence electrons. The summed E-state index contributed by atoms with van der Waals surface area (Å²) in [6.45, 7) is 1.44. The molecule has 0 aliphatic carbocycles. The van der Waals surface area contributed by atoms with Crippen molar-refractivity contribution in [2.24, 2.45) is 5.16 Å². The van der Waals surface area contributed by atoms with Crippen molar-refractivity contribution in [2.75, 3.05) is 7.11 Å². The van der Waals surface area contributed by atoms with Crippen LogP contribution in [-0.2, 0) is 9.09 Å². The van der Waals surface area contributed by atoms with E-state index < -0.39 is 8.03 Å². The van der Waals surface area contributed by atoms with E-state index in [4.69, 9.17) is 5.21 Å². The molecule has 0 aliphatic rings. The molecular weight excluding hydrogens is 152 g/mol. The molecule has 0 spiro atoms. The Morgan fingerprint density at radius 2 is 2.22 bits per heavy atom. The molecule has 0 aromatic heterocycles. The molecule has 0 saturated heterocycles. The Bertz CT molecular complexity index is 126.